The van der Waals surface area contributed by atoms with Gasteiger partial charge in [-0.15, -0.1) is 0 Å². The number of rotatable bonds is 15. The van der Waals surface area contributed by atoms with Gasteiger partial charge in [-0.3, -0.25) is 24.2 Å². The summed E-state index contributed by atoms with van der Waals surface area (Å²) < 4.78 is 28.8. The number of nitrogens with two attached hydrogens (primary N) is 1. The Kier molecular flexibility index (Phi) is 17.2. The van der Waals surface area contributed by atoms with Crippen molar-refractivity contribution in [2.45, 2.75) is 127 Å². The molecule has 1 saturated heterocycles. The molecule has 2 aromatic heterocycles. The number of benzene rings is 3. The molecule has 4 heterocycles. The molecule has 10 rings (SSSR count). The first-order valence-electron chi connectivity index (χ1n) is 27.6. The lowest BCUT2D eigenvalue weighted by atomic mass is 9.72. The van der Waals surface area contributed by atoms with Crippen LogP contribution in [0.2, 0.25) is 0 Å². The number of aromatic hydroxyl groups is 2. The topological polar surface area (TPSA) is 375 Å². The summed E-state index contributed by atoms with van der Waals surface area (Å²) in [6, 6.07) is 13.7. The van der Waals surface area contributed by atoms with Crippen LogP contribution >= 0.6 is 0 Å². The van der Waals surface area contributed by atoms with E-state index >= 15 is 0 Å². The van der Waals surface area contributed by atoms with Gasteiger partial charge in [0.1, 0.15) is 53.6 Å². The van der Waals surface area contributed by atoms with Gasteiger partial charge in [0.2, 0.25) is 11.7 Å². The van der Waals surface area contributed by atoms with Crippen molar-refractivity contribution in [1.29, 1.82) is 0 Å². The molecule has 5 unspecified atom stereocenters. The van der Waals surface area contributed by atoms with E-state index in [2.05, 4.69) is 41.1 Å². The fourth-order valence-electron chi connectivity index (χ4n) is 11.7. The highest BCUT2D eigenvalue weighted by Gasteiger charge is 2.51. The smallest absolute Gasteiger partial charge is 0.412 e. The molecule has 3 aromatic carbocycles. The second-order valence-corrected chi connectivity index (χ2v) is 21.4. The number of hydrogen-bond donors (Lipinski definition) is 9. The average Bonchev–Trinajstić information content (AvgIpc) is 0.837. The monoisotopic (exact) mass is 1150 g/mol. The number of aromatic nitrogens is 3. The summed E-state index contributed by atoms with van der Waals surface area (Å²) in [6.07, 6.45) is -0.417. The number of nitrogens with zero attached hydrogens (tertiary/aromatic N) is 5. The number of nitrogens with one attached hydrogen (secondary N) is 3. The Labute approximate surface area is 480 Å². The summed E-state index contributed by atoms with van der Waals surface area (Å²) in [7, 11) is 1.29. The number of phenolic OH excluding ortho intramolecular Hbond substituents is 2. The number of hydrogen-bond acceptors (Lipinski definition) is 22. The lowest BCUT2D eigenvalue weighted by Gasteiger charge is -2.42. The van der Waals surface area contributed by atoms with Crippen LogP contribution in [0.1, 0.15) is 131 Å². The highest BCUT2D eigenvalue weighted by Crippen LogP contribution is 2.53. The van der Waals surface area contributed by atoms with Crippen molar-refractivity contribution in [3.05, 3.63) is 130 Å². The van der Waals surface area contributed by atoms with Crippen LogP contribution in [-0.2, 0) is 36.8 Å². The third-order valence-corrected chi connectivity index (χ3v) is 16.0. The maximum atomic E-state index is 14.1. The van der Waals surface area contributed by atoms with Crippen LogP contribution in [0.5, 0.6) is 23.0 Å². The number of aliphatic hydroxyl groups excluding tert-OH is 2. The van der Waals surface area contributed by atoms with Crippen LogP contribution < -0.4 is 31.2 Å². The SMILES string of the molecule is CCCC(=O)Nc1ccc(C2=NN=C(c3ncccn3)C3CCC(N)C(NC(=O)Oc4ccc(COC(=O)N[C@@H]5C[C@H](O[C@H]6C[C@](O)(C(=O)CO)Cc7c(O)c8c(c(O)c76)C(=O)c6c(OC)cccc6C8=O)OC(C)[C@H]5O)cc4)CCC23)nc1. The lowest BCUT2D eigenvalue weighted by Crippen LogP contribution is -2.56. The van der Waals surface area contributed by atoms with Gasteiger partial charge in [-0.05, 0) is 81.0 Å². The number of carbonyl (C=O) groups is 6. The molecule has 0 bridgehead atoms. The Morgan fingerprint density at radius 3 is 2.26 bits per heavy atom. The summed E-state index contributed by atoms with van der Waals surface area (Å²) in [6.45, 7) is 2.05. The molecule has 0 radical (unpaired) electrons. The first kappa shape index (κ1) is 58.6. The van der Waals surface area contributed by atoms with E-state index in [1.165, 1.54) is 44.4 Å². The average molecular weight is 1150 g/mol. The molecule has 10 N–H and O–H groups in total. The van der Waals surface area contributed by atoms with Crippen molar-refractivity contribution >= 4 is 52.6 Å². The number of fused-ring (bicyclic) bond motifs is 4. The van der Waals surface area contributed by atoms with Gasteiger partial charge in [-0.1, -0.05) is 31.2 Å². The number of methoxy groups -OCH3 is 1. The molecule has 5 aliphatic rings. The maximum absolute atomic E-state index is 14.1. The first-order chi connectivity index (χ1) is 40.4. The molecule has 2 aliphatic heterocycles. The van der Waals surface area contributed by atoms with Crippen LogP contribution in [0.4, 0.5) is 15.3 Å². The molecule has 25 nitrogen and oxygen atoms in total. The van der Waals surface area contributed by atoms with Crippen molar-refractivity contribution in [2.24, 2.45) is 27.8 Å². The maximum Gasteiger partial charge on any atom is 0.412 e. The largest absolute Gasteiger partial charge is 0.507 e. The van der Waals surface area contributed by atoms with Crippen LogP contribution in [0.15, 0.2) is 89.5 Å². The summed E-state index contributed by atoms with van der Waals surface area (Å²) in [5.41, 5.74) is 5.39. The Balaban J connectivity index is 0.760. The number of carbonyl (C=O) groups excluding carboxylic acids is 6. The number of alkyl carbamates (subject to hydrolysis) is 1. The molecule has 10 atom stereocenters. The van der Waals surface area contributed by atoms with E-state index in [0.29, 0.717) is 72.7 Å². The fourth-order valence-corrected chi connectivity index (χ4v) is 11.7. The molecule has 440 valence electrons. The van der Waals surface area contributed by atoms with Crippen LogP contribution in [0.3, 0.4) is 0 Å². The zero-order valence-electron chi connectivity index (χ0n) is 46.0. The van der Waals surface area contributed by atoms with E-state index in [1.807, 2.05) is 6.92 Å². The van der Waals surface area contributed by atoms with Gasteiger partial charge in [0.05, 0.1) is 65.3 Å². The fraction of sp³-hybridized carbons (Fsp3) is 0.407. The minimum atomic E-state index is -2.40. The molecular weight excluding hydrogens is 1090 g/mol. The second kappa shape index (κ2) is 24.7. The van der Waals surface area contributed by atoms with Crippen molar-refractivity contribution in [3.63, 3.8) is 0 Å². The van der Waals surface area contributed by atoms with Crippen LogP contribution in [0.25, 0.3) is 0 Å². The number of aliphatic hydroxyl groups is 3. The third kappa shape index (κ3) is 11.8. The molecule has 25 heteroatoms. The summed E-state index contributed by atoms with van der Waals surface area (Å²) in [4.78, 5) is 93.7. The summed E-state index contributed by atoms with van der Waals surface area (Å²) in [5, 5.41) is 74.0. The third-order valence-electron chi connectivity index (χ3n) is 16.0. The number of Topliss-reactive ketones (excluding diaryl/α,β-unsaturated/α-hetero) is 1. The van der Waals surface area contributed by atoms with E-state index in [0.717, 1.165) is 0 Å². The van der Waals surface area contributed by atoms with E-state index < -0.39 is 120 Å². The highest BCUT2D eigenvalue weighted by atomic mass is 16.7. The molecule has 84 heavy (non-hydrogen) atoms. The quantitative estimate of drug-likeness (QED) is 0.0644. The van der Waals surface area contributed by atoms with E-state index in [1.54, 1.807) is 48.9 Å². The Morgan fingerprint density at radius 2 is 1.55 bits per heavy atom. The van der Waals surface area contributed by atoms with Crippen molar-refractivity contribution in [3.8, 4) is 23.0 Å². The van der Waals surface area contributed by atoms with Crippen LogP contribution in [-0.4, -0.2) is 143 Å². The number of ether oxygens (including phenoxy) is 5. The Morgan fingerprint density at radius 1 is 0.833 bits per heavy atom. The number of anilines is 1. The predicted molar refractivity (Wildman–Crippen MR) is 297 cm³/mol. The zero-order valence-corrected chi connectivity index (χ0v) is 46.0. The molecule has 3 amide bonds. The van der Waals surface area contributed by atoms with Gasteiger partial charge >= 0.3 is 12.2 Å². The van der Waals surface area contributed by atoms with Gasteiger partial charge in [-0.2, -0.15) is 10.2 Å². The number of pyridine rings is 1. The number of amides is 3. The van der Waals surface area contributed by atoms with Gasteiger partial charge in [0, 0.05) is 78.7 Å². The number of ketones is 3. The van der Waals surface area contributed by atoms with E-state index in [9.17, 15) is 54.3 Å². The minimum absolute atomic E-state index is 0.0351. The number of phenols is 2. The molecule has 5 aromatic rings. The highest BCUT2D eigenvalue weighted by molar-refractivity contribution is 6.31. The zero-order chi connectivity index (χ0) is 59.6. The van der Waals surface area contributed by atoms with E-state index in [-0.39, 0.29) is 64.5 Å². The van der Waals surface area contributed by atoms with Gasteiger partial charge in [-0.25, -0.2) is 19.6 Å². The molecule has 3 aliphatic carbocycles. The minimum Gasteiger partial charge on any atom is -0.507 e. The summed E-state index contributed by atoms with van der Waals surface area (Å²) >= 11 is 0. The van der Waals surface area contributed by atoms with Crippen molar-refractivity contribution < 1.29 is 78.0 Å². The van der Waals surface area contributed by atoms with Gasteiger partial charge < -0.3 is 70.9 Å². The second-order valence-electron chi connectivity index (χ2n) is 21.4. The predicted octanol–water partition coefficient (Wildman–Crippen LogP) is 4.39. The van der Waals surface area contributed by atoms with Crippen molar-refractivity contribution in [2.75, 3.05) is 19.0 Å². The lowest BCUT2D eigenvalue weighted by molar-refractivity contribution is -0.249. The van der Waals surface area contributed by atoms with Gasteiger partial charge in [0.25, 0.3) is 0 Å². The molecular formula is C59H63N9O16. The van der Waals surface area contributed by atoms with E-state index in [4.69, 9.17) is 29.4 Å². The first-order valence-corrected chi connectivity index (χ1v) is 27.6. The normalized spacial score (nSPS) is 25.3. The van der Waals surface area contributed by atoms with Crippen molar-refractivity contribution in [1.82, 2.24) is 25.6 Å². The Hall–Kier alpha value is -8.59. The van der Waals surface area contributed by atoms with Crippen LogP contribution in [0, 0.1) is 11.8 Å². The molecule has 0 spiro atoms. The molecule has 2 fully saturated rings. The Bertz CT molecular complexity index is 3440. The van der Waals surface area contributed by atoms with Gasteiger partial charge in [0.15, 0.2) is 23.7 Å². The molecule has 1 saturated carbocycles. The summed E-state index contributed by atoms with van der Waals surface area (Å²) in [5.74, 6) is -4.09. The standard InChI is InChI=1S/C59H63N9O16/c1-4-7-43(71)64-30-12-18-38(63-25-30)49-32-16-19-37(36(60)17-15-33(32)50(68-67-49)56-61-20-6-21-62-56)65-58(78)83-31-13-10-29(11-14-31)27-81-57(77)66-39-22-44(82-28(2)51(39)72)84-41-24-59(79,42(70)26-69)23-35-46(41)55(76)48-47(53(35)74)52(73)34-8-5-9-40(80-3)45(34)54(48)75/h5-6,8-14,18,20-21,25,28,32-33,36-37,39,41,44,51,69,72,74,76,79H,4,7,15-17,19,22-24,26-27,60H2,1-3H3,(H,64,71)(H,65,78)(H,66,77)/t28?,32?,33?,36?,37?,39-,41+,44+,51-,59+/m1/s1.